The summed E-state index contributed by atoms with van der Waals surface area (Å²) < 4.78 is 0. The molecule has 0 bridgehead atoms. The maximum Gasteiger partial charge on any atom is 0.335 e. The summed E-state index contributed by atoms with van der Waals surface area (Å²) in [6.45, 7) is 3.96. The van der Waals surface area contributed by atoms with Crippen molar-refractivity contribution in [3.05, 3.63) is 70.5 Å². The predicted octanol–water partition coefficient (Wildman–Crippen LogP) is 4.93. The van der Waals surface area contributed by atoms with Crippen LogP contribution in [-0.2, 0) is 0 Å². The molecule has 0 aliphatic heterocycles. The number of nitrogens with one attached hydrogen (secondary N) is 2. The van der Waals surface area contributed by atoms with E-state index in [1.807, 2.05) is 26.0 Å². The third kappa shape index (κ3) is 4.10. The van der Waals surface area contributed by atoms with Gasteiger partial charge >= 0.3 is 5.97 Å². The minimum Gasteiger partial charge on any atom is -0.478 e. The van der Waals surface area contributed by atoms with E-state index in [-0.39, 0.29) is 5.56 Å². The lowest BCUT2D eigenvalue weighted by Gasteiger charge is -2.13. The van der Waals surface area contributed by atoms with Crippen molar-refractivity contribution in [3.63, 3.8) is 0 Å². The van der Waals surface area contributed by atoms with Crippen molar-refractivity contribution < 1.29 is 9.90 Å². The standard InChI is InChI=1S/C19H17ClN4O2/c1-11-6-12(2)18(15(20)7-11)24-17-9-16(21-10-22-17)23-14-5-3-4-13(8-14)19(25)26/h3-10H,1-2H3,(H,25,26)(H2,21,22,23,24). The molecule has 26 heavy (non-hydrogen) atoms. The Morgan fingerprint density at radius 2 is 1.77 bits per heavy atom. The van der Waals surface area contributed by atoms with Crippen molar-refractivity contribution >= 4 is 40.6 Å². The quantitative estimate of drug-likeness (QED) is 0.591. The average molecular weight is 369 g/mol. The smallest absolute Gasteiger partial charge is 0.335 e. The highest BCUT2D eigenvalue weighted by molar-refractivity contribution is 6.33. The Kier molecular flexibility index (Phi) is 5.04. The Morgan fingerprint density at radius 1 is 1.04 bits per heavy atom. The highest BCUT2D eigenvalue weighted by Crippen LogP contribution is 2.30. The molecule has 0 saturated heterocycles. The second-order valence-electron chi connectivity index (χ2n) is 5.86. The summed E-state index contributed by atoms with van der Waals surface area (Å²) in [4.78, 5) is 19.5. The number of hydrogen-bond acceptors (Lipinski definition) is 5. The van der Waals surface area contributed by atoms with Gasteiger partial charge in [-0.2, -0.15) is 0 Å². The van der Waals surface area contributed by atoms with E-state index < -0.39 is 5.97 Å². The van der Waals surface area contributed by atoms with Crippen LogP contribution in [0.1, 0.15) is 21.5 Å². The van der Waals surface area contributed by atoms with E-state index in [9.17, 15) is 4.79 Å². The van der Waals surface area contributed by atoms with E-state index in [4.69, 9.17) is 16.7 Å². The van der Waals surface area contributed by atoms with Gasteiger partial charge in [-0.3, -0.25) is 0 Å². The number of aryl methyl sites for hydroxylation is 2. The molecule has 0 aliphatic carbocycles. The fourth-order valence-electron chi connectivity index (χ4n) is 2.57. The van der Waals surface area contributed by atoms with Gasteiger partial charge in [0.05, 0.1) is 16.3 Å². The van der Waals surface area contributed by atoms with Crippen LogP contribution in [0.25, 0.3) is 0 Å². The second-order valence-corrected chi connectivity index (χ2v) is 6.27. The fraction of sp³-hybridized carbons (Fsp3) is 0.105. The van der Waals surface area contributed by atoms with Gasteiger partial charge in [-0.05, 0) is 49.2 Å². The maximum atomic E-state index is 11.1. The number of carboxylic acid groups (broad SMARTS) is 1. The number of rotatable bonds is 5. The van der Waals surface area contributed by atoms with Gasteiger partial charge in [-0.1, -0.05) is 23.7 Å². The van der Waals surface area contributed by atoms with E-state index in [1.165, 1.54) is 12.4 Å². The van der Waals surface area contributed by atoms with Gasteiger partial charge in [0.1, 0.15) is 18.0 Å². The Morgan fingerprint density at radius 3 is 2.46 bits per heavy atom. The molecule has 0 amide bonds. The summed E-state index contributed by atoms with van der Waals surface area (Å²) in [7, 11) is 0. The molecule has 0 radical (unpaired) electrons. The molecule has 132 valence electrons. The van der Waals surface area contributed by atoms with Gasteiger partial charge in [0.15, 0.2) is 0 Å². The van der Waals surface area contributed by atoms with Crippen LogP contribution in [-0.4, -0.2) is 21.0 Å². The summed E-state index contributed by atoms with van der Waals surface area (Å²) in [5, 5.41) is 16.0. The zero-order valence-electron chi connectivity index (χ0n) is 14.2. The average Bonchev–Trinajstić information content (AvgIpc) is 2.58. The molecule has 0 aliphatic rings. The molecule has 2 aromatic carbocycles. The normalized spacial score (nSPS) is 10.4. The first-order valence-electron chi connectivity index (χ1n) is 7.88. The van der Waals surface area contributed by atoms with E-state index in [1.54, 1.807) is 24.3 Å². The number of halogens is 1. The SMILES string of the molecule is Cc1cc(C)c(Nc2cc(Nc3cccc(C(=O)O)c3)ncn2)c(Cl)c1. The molecule has 0 spiro atoms. The zero-order chi connectivity index (χ0) is 18.7. The van der Waals surface area contributed by atoms with Crippen molar-refractivity contribution in [1.82, 2.24) is 9.97 Å². The van der Waals surface area contributed by atoms with Gasteiger partial charge in [0.2, 0.25) is 0 Å². The number of aromatic nitrogens is 2. The number of carbonyl (C=O) groups is 1. The molecule has 1 aromatic heterocycles. The van der Waals surface area contributed by atoms with Crippen LogP contribution in [0.3, 0.4) is 0 Å². The summed E-state index contributed by atoms with van der Waals surface area (Å²) in [5.41, 5.74) is 3.71. The summed E-state index contributed by atoms with van der Waals surface area (Å²) in [5.74, 6) is 0.125. The summed E-state index contributed by atoms with van der Waals surface area (Å²) >= 11 is 6.32. The van der Waals surface area contributed by atoms with E-state index >= 15 is 0 Å². The molecule has 0 unspecified atom stereocenters. The van der Waals surface area contributed by atoms with Crippen LogP contribution in [0.2, 0.25) is 5.02 Å². The van der Waals surface area contributed by atoms with Gasteiger partial charge in [-0.25, -0.2) is 14.8 Å². The van der Waals surface area contributed by atoms with Crippen molar-refractivity contribution in [3.8, 4) is 0 Å². The second kappa shape index (κ2) is 7.41. The zero-order valence-corrected chi connectivity index (χ0v) is 15.0. The third-order valence-electron chi connectivity index (χ3n) is 3.73. The molecule has 3 rings (SSSR count). The fourth-order valence-corrected chi connectivity index (χ4v) is 2.94. The van der Waals surface area contributed by atoms with Crippen LogP contribution in [0.4, 0.5) is 23.0 Å². The molecule has 3 aromatic rings. The molecule has 0 atom stereocenters. The Labute approximate surface area is 155 Å². The summed E-state index contributed by atoms with van der Waals surface area (Å²) in [6.07, 6.45) is 1.42. The van der Waals surface area contributed by atoms with Crippen LogP contribution < -0.4 is 10.6 Å². The Hall–Kier alpha value is -3.12. The van der Waals surface area contributed by atoms with Crippen LogP contribution in [0, 0.1) is 13.8 Å². The lowest BCUT2D eigenvalue weighted by atomic mass is 10.1. The first-order valence-corrected chi connectivity index (χ1v) is 8.26. The van der Waals surface area contributed by atoms with Crippen LogP contribution in [0.15, 0.2) is 48.8 Å². The number of nitrogens with zero attached hydrogens (tertiary/aromatic N) is 2. The minimum atomic E-state index is -0.983. The number of aromatic carboxylic acids is 1. The molecular formula is C19H17ClN4O2. The third-order valence-corrected chi connectivity index (χ3v) is 4.03. The lowest BCUT2D eigenvalue weighted by molar-refractivity contribution is 0.0697. The molecule has 3 N–H and O–H groups in total. The summed E-state index contributed by atoms with van der Waals surface area (Å²) in [6, 6.07) is 12.1. The van der Waals surface area contributed by atoms with Crippen molar-refractivity contribution in [2.75, 3.05) is 10.6 Å². The molecule has 7 heteroatoms. The topological polar surface area (TPSA) is 87.1 Å². The van der Waals surface area contributed by atoms with Crippen LogP contribution >= 0.6 is 11.6 Å². The monoisotopic (exact) mass is 368 g/mol. The molecular weight excluding hydrogens is 352 g/mol. The first kappa shape index (κ1) is 17.7. The van der Waals surface area contributed by atoms with Gasteiger partial charge in [-0.15, -0.1) is 0 Å². The molecule has 0 saturated carbocycles. The molecule has 0 fully saturated rings. The highest BCUT2D eigenvalue weighted by Gasteiger charge is 2.08. The van der Waals surface area contributed by atoms with Crippen molar-refractivity contribution in [1.29, 1.82) is 0 Å². The number of anilines is 4. The Balaban J connectivity index is 1.83. The predicted molar refractivity (Wildman–Crippen MR) is 103 cm³/mol. The van der Waals surface area contributed by atoms with E-state index in [2.05, 4.69) is 20.6 Å². The first-order chi connectivity index (χ1) is 12.4. The minimum absolute atomic E-state index is 0.199. The Bertz CT molecular complexity index is 952. The van der Waals surface area contributed by atoms with Crippen molar-refractivity contribution in [2.24, 2.45) is 0 Å². The van der Waals surface area contributed by atoms with Crippen LogP contribution in [0.5, 0.6) is 0 Å². The van der Waals surface area contributed by atoms with Crippen molar-refractivity contribution in [2.45, 2.75) is 13.8 Å². The molecule has 6 nitrogen and oxygen atoms in total. The number of benzene rings is 2. The van der Waals surface area contributed by atoms with Gasteiger partial charge in [0.25, 0.3) is 0 Å². The van der Waals surface area contributed by atoms with Gasteiger partial charge < -0.3 is 15.7 Å². The lowest BCUT2D eigenvalue weighted by Crippen LogP contribution is -2.01. The highest BCUT2D eigenvalue weighted by atomic mass is 35.5. The number of carboxylic acids is 1. The van der Waals surface area contributed by atoms with E-state index in [0.29, 0.717) is 22.3 Å². The maximum absolute atomic E-state index is 11.1. The molecule has 1 heterocycles. The van der Waals surface area contributed by atoms with Gasteiger partial charge in [0, 0.05) is 11.8 Å². The van der Waals surface area contributed by atoms with E-state index in [0.717, 1.165) is 16.8 Å². The number of hydrogen-bond donors (Lipinski definition) is 3. The largest absolute Gasteiger partial charge is 0.478 e.